The summed E-state index contributed by atoms with van der Waals surface area (Å²) in [6, 6.07) is 13.8. The first kappa shape index (κ1) is 20.3. The second-order valence-corrected chi connectivity index (χ2v) is 6.86. The lowest BCUT2D eigenvalue weighted by molar-refractivity contribution is -0.138. The minimum atomic E-state index is -0.743. The summed E-state index contributed by atoms with van der Waals surface area (Å²) in [5.74, 6) is -0.841. The number of nitrogens with zero attached hydrogens (tertiary/aromatic N) is 2. The molecular formula is C18H16Cl2N2O3S. The van der Waals surface area contributed by atoms with Gasteiger partial charge in [0.25, 0.3) is 0 Å². The standard InChI is InChI=1S/C18H16Cl2N2O3S/c1-2-25-18(24)17(22-21-14-5-3-4-13(20)10-14)16(23)11-26-15-8-6-12(19)7-9-15/h3-10,23H,2,11H2,1H3/b17-16-,22-21?. The molecule has 2 rings (SSSR count). The van der Waals surface area contributed by atoms with Gasteiger partial charge >= 0.3 is 5.97 Å². The number of benzene rings is 2. The van der Waals surface area contributed by atoms with Crippen LogP contribution in [0, 0.1) is 0 Å². The minimum Gasteiger partial charge on any atom is -0.509 e. The molecule has 8 heteroatoms. The quantitative estimate of drug-likeness (QED) is 0.194. The molecule has 0 saturated heterocycles. The molecule has 0 saturated carbocycles. The molecule has 0 aliphatic heterocycles. The zero-order valence-electron chi connectivity index (χ0n) is 13.9. The highest BCUT2D eigenvalue weighted by Crippen LogP contribution is 2.24. The number of hydrogen-bond donors (Lipinski definition) is 1. The van der Waals surface area contributed by atoms with E-state index in [4.69, 9.17) is 27.9 Å². The second-order valence-electron chi connectivity index (χ2n) is 4.94. The van der Waals surface area contributed by atoms with Crippen LogP contribution < -0.4 is 0 Å². The molecule has 2 aromatic rings. The van der Waals surface area contributed by atoms with E-state index in [1.165, 1.54) is 11.8 Å². The van der Waals surface area contributed by atoms with Gasteiger partial charge in [0.1, 0.15) is 5.76 Å². The van der Waals surface area contributed by atoms with Gasteiger partial charge in [-0.2, -0.15) is 5.11 Å². The van der Waals surface area contributed by atoms with Crippen molar-refractivity contribution in [1.29, 1.82) is 0 Å². The molecule has 0 bridgehead atoms. The Labute approximate surface area is 165 Å². The number of carbonyl (C=O) groups is 1. The largest absolute Gasteiger partial charge is 0.509 e. The van der Waals surface area contributed by atoms with Gasteiger partial charge in [0.2, 0.25) is 5.70 Å². The van der Waals surface area contributed by atoms with E-state index in [1.54, 1.807) is 43.3 Å². The highest BCUT2D eigenvalue weighted by Gasteiger charge is 2.17. The third-order valence-electron chi connectivity index (χ3n) is 3.00. The highest BCUT2D eigenvalue weighted by atomic mass is 35.5. The molecule has 0 heterocycles. The van der Waals surface area contributed by atoms with Gasteiger partial charge in [-0.15, -0.1) is 16.9 Å². The maximum absolute atomic E-state index is 12.1. The summed E-state index contributed by atoms with van der Waals surface area (Å²) in [5.41, 5.74) is 0.214. The average Bonchev–Trinajstić information content (AvgIpc) is 2.62. The highest BCUT2D eigenvalue weighted by molar-refractivity contribution is 7.99. The number of ether oxygens (including phenoxy) is 1. The molecule has 1 N–H and O–H groups in total. The Kier molecular flexibility index (Phi) is 7.97. The fourth-order valence-corrected chi connectivity index (χ4v) is 2.89. The molecule has 0 amide bonds. The van der Waals surface area contributed by atoms with E-state index in [-0.39, 0.29) is 23.8 Å². The Morgan fingerprint density at radius 3 is 2.54 bits per heavy atom. The van der Waals surface area contributed by atoms with Crippen LogP contribution in [0.5, 0.6) is 0 Å². The summed E-state index contributed by atoms with van der Waals surface area (Å²) in [6.07, 6.45) is 0. The van der Waals surface area contributed by atoms with Crippen molar-refractivity contribution in [1.82, 2.24) is 0 Å². The van der Waals surface area contributed by atoms with Crippen molar-refractivity contribution in [3.05, 3.63) is 70.0 Å². The van der Waals surface area contributed by atoms with Crippen molar-refractivity contribution < 1.29 is 14.6 Å². The number of esters is 1. The van der Waals surface area contributed by atoms with Crippen LogP contribution in [0.3, 0.4) is 0 Å². The SMILES string of the molecule is CCOC(=O)/C(N=Nc1cccc(Cl)c1)=C(/O)CSc1ccc(Cl)cc1. The lowest BCUT2D eigenvalue weighted by Crippen LogP contribution is -2.09. The van der Waals surface area contributed by atoms with E-state index < -0.39 is 5.97 Å². The fourth-order valence-electron chi connectivity index (χ4n) is 1.81. The van der Waals surface area contributed by atoms with Gasteiger partial charge in [0, 0.05) is 14.9 Å². The molecule has 0 atom stereocenters. The predicted molar refractivity (Wildman–Crippen MR) is 104 cm³/mol. The Bertz CT molecular complexity index is 823. The molecule has 136 valence electrons. The van der Waals surface area contributed by atoms with Crippen LogP contribution >= 0.6 is 35.0 Å². The van der Waals surface area contributed by atoms with Crippen molar-refractivity contribution >= 4 is 46.6 Å². The summed E-state index contributed by atoms with van der Waals surface area (Å²) >= 11 is 13.1. The van der Waals surface area contributed by atoms with Gasteiger partial charge in [-0.05, 0) is 49.4 Å². The number of aliphatic hydroxyl groups excluding tert-OH is 1. The molecule has 0 aliphatic carbocycles. The number of aliphatic hydroxyl groups is 1. The molecule has 26 heavy (non-hydrogen) atoms. The monoisotopic (exact) mass is 410 g/mol. The van der Waals surface area contributed by atoms with Crippen LogP contribution in [-0.2, 0) is 9.53 Å². The first-order valence-corrected chi connectivity index (χ1v) is 9.38. The molecule has 0 radical (unpaired) electrons. The first-order chi connectivity index (χ1) is 12.5. The van der Waals surface area contributed by atoms with E-state index in [0.29, 0.717) is 15.7 Å². The Balaban J connectivity index is 2.19. The summed E-state index contributed by atoms with van der Waals surface area (Å²) < 4.78 is 4.94. The van der Waals surface area contributed by atoms with E-state index in [0.717, 1.165) is 4.90 Å². The summed E-state index contributed by atoms with van der Waals surface area (Å²) in [5, 5.41) is 19.2. The lowest BCUT2D eigenvalue weighted by atomic mass is 10.3. The summed E-state index contributed by atoms with van der Waals surface area (Å²) in [4.78, 5) is 13.0. The number of hydrogen-bond acceptors (Lipinski definition) is 6. The number of halogens is 2. The lowest BCUT2D eigenvalue weighted by Gasteiger charge is -2.06. The Hall–Kier alpha value is -2.02. The third kappa shape index (κ3) is 6.37. The smallest absolute Gasteiger partial charge is 0.362 e. The molecule has 0 spiro atoms. The first-order valence-electron chi connectivity index (χ1n) is 7.64. The van der Waals surface area contributed by atoms with Gasteiger partial charge in [0.05, 0.1) is 18.0 Å². The van der Waals surface area contributed by atoms with Gasteiger partial charge in [0.15, 0.2) is 0 Å². The van der Waals surface area contributed by atoms with E-state index in [9.17, 15) is 9.90 Å². The number of carbonyl (C=O) groups excluding carboxylic acids is 1. The van der Waals surface area contributed by atoms with Gasteiger partial charge < -0.3 is 9.84 Å². The Morgan fingerprint density at radius 2 is 1.88 bits per heavy atom. The number of thioether (sulfide) groups is 1. The van der Waals surface area contributed by atoms with Crippen LogP contribution in [0.15, 0.2) is 75.1 Å². The van der Waals surface area contributed by atoms with Crippen molar-refractivity contribution in [2.24, 2.45) is 10.2 Å². The topological polar surface area (TPSA) is 71.2 Å². The van der Waals surface area contributed by atoms with Crippen LogP contribution in [0.2, 0.25) is 10.0 Å². The maximum Gasteiger partial charge on any atom is 0.362 e. The Morgan fingerprint density at radius 1 is 1.15 bits per heavy atom. The average molecular weight is 411 g/mol. The minimum absolute atomic E-state index is 0.129. The summed E-state index contributed by atoms with van der Waals surface area (Å²) in [7, 11) is 0. The number of rotatable bonds is 7. The van der Waals surface area contributed by atoms with Gasteiger partial charge in [-0.25, -0.2) is 4.79 Å². The molecule has 0 unspecified atom stereocenters. The molecule has 5 nitrogen and oxygen atoms in total. The summed E-state index contributed by atoms with van der Waals surface area (Å²) in [6.45, 7) is 1.83. The van der Waals surface area contributed by atoms with E-state index in [2.05, 4.69) is 10.2 Å². The molecular weight excluding hydrogens is 395 g/mol. The maximum atomic E-state index is 12.1. The molecule has 2 aromatic carbocycles. The zero-order chi connectivity index (χ0) is 18.9. The van der Waals surface area contributed by atoms with Crippen molar-refractivity contribution in [3.63, 3.8) is 0 Å². The van der Waals surface area contributed by atoms with Crippen molar-refractivity contribution in [2.45, 2.75) is 11.8 Å². The van der Waals surface area contributed by atoms with E-state index >= 15 is 0 Å². The predicted octanol–water partition coefficient (Wildman–Crippen LogP) is 6.20. The van der Waals surface area contributed by atoms with Crippen LogP contribution in [-0.4, -0.2) is 23.4 Å². The van der Waals surface area contributed by atoms with Crippen molar-refractivity contribution in [2.75, 3.05) is 12.4 Å². The second kappa shape index (κ2) is 10.2. The van der Waals surface area contributed by atoms with Crippen molar-refractivity contribution in [3.8, 4) is 0 Å². The van der Waals surface area contributed by atoms with E-state index in [1.807, 2.05) is 12.1 Å². The van der Waals surface area contributed by atoms with Crippen LogP contribution in [0.1, 0.15) is 6.92 Å². The normalized spacial score (nSPS) is 12.1. The van der Waals surface area contributed by atoms with Crippen LogP contribution in [0.25, 0.3) is 0 Å². The van der Waals surface area contributed by atoms with Crippen LogP contribution in [0.4, 0.5) is 5.69 Å². The number of azo groups is 1. The third-order valence-corrected chi connectivity index (χ3v) is 4.52. The zero-order valence-corrected chi connectivity index (χ0v) is 16.2. The molecule has 0 aromatic heterocycles. The van der Waals surface area contributed by atoms with Gasteiger partial charge in [-0.3, -0.25) is 0 Å². The molecule has 0 fully saturated rings. The fraction of sp³-hybridized carbons (Fsp3) is 0.167. The van der Waals surface area contributed by atoms with Gasteiger partial charge in [-0.1, -0.05) is 29.3 Å². The molecule has 0 aliphatic rings.